The molecular weight excluding hydrogens is 326 g/mol. The summed E-state index contributed by atoms with van der Waals surface area (Å²) in [7, 11) is 0. The van der Waals surface area contributed by atoms with E-state index in [-0.39, 0.29) is 17.7 Å². The number of aryl methyl sites for hydroxylation is 2. The second-order valence-corrected chi connectivity index (χ2v) is 7.54. The summed E-state index contributed by atoms with van der Waals surface area (Å²) in [5.41, 5.74) is 3.21. The van der Waals surface area contributed by atoms with E-state index in [0.29, 0.717) is 19.1 Å². The van der Waals surface area contributed by atoms with Gasteiger partial charge in [-0.25, -0.2) is 0 Å². The van der Waals surface area contributed by atoms with Crippen LogP contribution in [-0.4, -0.2) is 42.4 Å². The van der Waals surface area contributed by atoms with Crippen molar-refractivity contribution < 1.29 is 9.59 Å². The van der Waals surface area contributed by atoms with Crippen molar-refractivity contribution in [3.8, 4) is 0 Å². The number of nitrogens with zero attached hydrogens (tertiary/aromatic N) is 1. The van der Waals surface area contributed by atoms with Gasteiger partial charge in [-0.05, 0) is 63.3 Å². The number of carbonyl (C=O) groups excluding carboxylic acids is 2. The van der Waals surface area contributed by atoms with Crippen molar-refractivity contribution >= 4 is 17.5 Å². The number of hydrogen-bond acceptors (Lipinski definition) is 3. The molecule has 1 fully saturated rings. The Morgan fingerprint density at radius 3 is 2.65 bits per heavy atom. The lowest BCUT2D eigenvalue weighted by molar-refractivity contribution is -0.128. The van der Waals surface area contributed by atoms with Crippen LogP contribution in [0.15, 0.2) is 18.2 Å². The first kappa shape index (κ1) is 20.4. The summed E-state index contributed by atoms with van der Waals surface area (Å²) in [4.78, 5) is 26.9. The van der Waals surface area contributed by atoms with Crippen LogP contribution in [-0.2, 0) is 9.59 Å². The highest BCUT2D eigenvalue weighted by Gasteiger charge is 2.30. The molecule has 26 heavy (non-hydrogen) atoms. The molecule has 1 aromatic rings. The fourth-order valence-electron chi connectivity index (χ4n) is 3.35. The minimum atomic E-state index is -0.0212. The smallest absolute Gasteiger partial charge is 0.238 e. The molecule has 1 heterocycles. The lowest BCUT2D eigenvalue weighted by Gasteiger charge is -2.36. The molecule has 2 atom stereocenters. The average molecular weight is 360 g/mol. The molecule has 2 rings (SSSR count). The van der Waals surface area contributed by atoms with Gasteiger partial charge in [-0.1, -0.05) is 19.4 Å². The van der Waals surface area contributed by atoms with E-state index < -0.39 is 0 Å². The molecule has 0 bridgehead atoms. The summed E-state index contributed by atoms with van der Waals surface area (Å²) < 4.78 is 0. The predicted octanol–water partition coefficient (Wildman–Crippen LogP) is 3.26. The van der Waals surface area contributed by atoms with Crippen molar-refractivity contribution in [3.05, 3.63) is 29.3 Å². The highest BCUT2D eigenvalue weighted by molar-refractivity contribution is 5.92. The number of amides is 2. The molecule has 1 aliphatic heterocycles. The number of benzene rings is 1. The van der Waals surface area contributed by atoms with Gasteiger partial charge in [-0.15, -0.1) is 0 Å². The third-order valence-electron chi connectivity index (χ3n) is 5.35. The van der Waals surface area contributed by atoms with Gasteiger partial charge in [0.1, 0.15) is 0 Å². The van der Waals surface area contributed by atoms with Gasteiger partial charge < -0.3 is 10.6 Å². The maximum atomic E-state index is 12.5. The highest BCUT2D eigenvalue weighted by atomic mass is 16.2. The molecule has 1 aromatic carbocycles. The minimum Gasteiger partial charge on any atom is -0.356 e. The van der Waals surface area contributed by atoms with Gasteiger partial charge in [0.25, 0.3) is 0 Å². The molecule has 1 saturated heterocycles. The first-order chi connectivity index (χ1) is 12.4. The Kier molecular flexibility index (Phi) is 7.64. The van der Waals surface area contributed by atoms with Crippen LogP contribution >= 0.6 is 0 Å². The van der Waals surface area contributed by atoms with E-state index in [9.17, 15) is 9.59 Å². The van der Waals surface area contributed by atoms with Gasteiger partial charge in [0.15, 0.2) is 0 Å². The summed E-state index contributed by atoms with van der Waals surface area (Å²) in [5, 5.41) is 6.01. The molecule has 5 heteroatoms. The van der Waals surface area contributed by atoms with E-state index in [2.05, 4.69) is 36.3 Å². The van der Waals surface area contributed by atoms with Gasteiger partial charge in [0, 0.05) is 24.8 Å². The molecular formula is C21H33N3O2. The summed E-state index contributed by atoms with van der Waals surface area (Å²) in [5.74, 6) is 0.0922. The number of anilines is 1. The molecule has 0 aromatic heterocycles. The van der Waals surface area contributed by atoms with Crippen LogP contribution in [0.4, 0.5) is 5.69 Å². The lowest BCUT2D eigenvalue weighted by atomic mass is 9.92. The van der Waals surface area contributed by atoms with Gasteiger partial charge >= 0.3 is 0 Å². The van der Waals surface area contributed by atoms with Crippen molar-refractivity contribution in [3.63, 3.8) is 0 Å². The van der Waals surface area contributed by atoms with E-state index in [1.165, 1.54) is 5.56 Å². The molecule has 0 aliphatic carbocycles. The van der Waals surface area contributed by atoms with Crippen molar-refractivity contribution in [1.29, 1.82) is 0 Å². The normalized spacial score (nSPS) is 20.6. The zero-order valence-electron chi connectivity index (χ0n) is 16.6. The van der Waals surface area contributed by atoms with Crippen LogP contribution < -0.4 is 10.6 Å². The first-order valence-corrected chi connectivity index (χ1v) is 9.79. The number of rotatable bonds is 7. The lowest BCUT2D eigenvalue weighted by Crippen LogP contribution is -2.49. The molecule has 0 saturated carbocycles. The third kappa shape index (κ3) is 5.84. The zero-order chi connectivity index (χ0) is 19.1. The van der Waals surface area contributed by atoms with Gasteiger partial charge in [-0.2, -0.15) is 0 Å². The largest absolute Gasteiger partial charge is 0.356 e. The third-order valence-corrected chi connectivity index (χ3v) is 5.35. The molecule has 0 spiro atoms. The van der Waals surface area contributed by atoms with E-state index >= 15 is 0 Å². The second-order valence-electron chi connectivity index (χ2n) is 7.54. The minimum absolute atomic E-state index is 0.0162. The van der Waals surface area contributed by atoms with Crippen LogP contribution in [0.1, 0.15) is 50.7 Å². The Morgan fingerprint density at radius 2 is 1.96 bits per heavy atom. The Bertz CT molecular complexity index is 630. The van der Waals surface area contributed by atoms with Crippen LogP contribution in [0.3, 0.4) is 0 Å². The molecule has 144 valence electrons. The molecule has 5 nitrogen and oxygen atoms in total. The Balaban J connectivity index is 1.88. The van der Waals surface area contributed by atoms with Crippen molar-refractivity contribution in [1.82, 2.24) is 10.2 Å². The highest BCUT2D eigenvalue weighted by Crippen LogP contribution is 2.22. The van der Waals surface area contributed by atoms with Crippen molar-refractivity contribution in [2.75, 3.05) is 25.0 Å². The van der Waals surface area contributed by atoms with Crippen LogP contribution in [0, 0.1) is 19.8 Å². The number of carbonyl (C=O) groups is 2. The topological polar surface area (TPSA) is 61.4 Å². The van der Waals surface area contributed by atoms with Gasteiger partial charge in [0.2, 0.25) is 11.8 Å². The maximum absolute atomic E-state index is 12.5. The van der Waals surface area contributed by atoms with E-state index in [1.807, 2.05) is 25.1 Å². The van der Waals surface area contributed by atoms with Crippen molar-refractivity contribution in [2.45, 2.75) is 59.4 Å². The number of unbranched alkanes of at least 4 members (excludes halogenated alkanes) is 1. The second kappa shape index (κ2) is 9.72. The standard InChI is InChI=1S/C21H33N3O2/c1-5-6-11-22-21(26)18-9-8-17(4)24(13-18)14-20(25)23-19-10-7-15(2)16(3)12-19/h7,10,12,17-18H,5-6,8-9,11,13-14H2,1-4H3,(H,22,26)(H,23,25). The van der Waals surface area contributed by atoms with Gasteiger partial charge in [-0.3, -0.25) is 14.5 Å². The van der Waals surface area contributed by atoms with E-state index in [1.54, 1.807) is 0 Å². The molecule has 2 unspecified atom stereocenters. The fourth-order valence-corrected chi connectivity index (χ4v) is 3.35. The quantitative estimate of drug-likeness (QED) is 0.735. The number of piperidine rings is 1. The molecule has 0 radical (unpaired) electrons. The summed E-state index contributed by atoms with van der Waals surface area (Å²) in [6.07, 6.45) is 3.93. The van der Waals surface area contributed by atoms with E-state index in [0.717, 1.165) is 43.5 Å². The average Bonchev–Trinajstić information content (AvgIpc) is 2.60. The number of likely N-dealkylation sites (tertiary alicyclic amines) is 1. The predicted molar refractivity (Wildman–Crippen MR) is 106 cm³/mol. The first-order valence-electron chi connectivity index (χ1n) is 9.79. The Labute approximate surface area is 157 Å². The molecule has 2 amide bonds. The molecule has 2 N–H and O–H groups in total. The number of hydrogen-bond donors (Lipinski definition) is 2. The van der Waals surface area contributed by atoms with Gasteiger partial charge in [0.05, 0.1) is 12.5 Å². The molecule has 1 aliphatic rings. The number of nitrogens with one attached hydrogen (secondary N) is 2. The van der Waals surface area contributed by atoms with Crippen molar-refractivity contribution in [2.24, 2.45) is 5.92 Å². The summed E-state index contributed by atoms with van der Waals surface area (Å²) in [6, 6.07) is 6.27. The maximum Gasteiger partial charge on any atom is 0.238 e. The fraction of sp³-hybridized carbons (Fsp3) is 0.619. The van der Waals surface area contributed by atoms with Crippen LogP contribution in [0.2, 0.25) is 0 Å². The summed E-state index contributed by atoms with van der Waals surface area (Å²) >= 11 is 0. The Morgan fingerprint density at radius 1 is 1.19 bits per heavy atom. The monoisotopic (exact) mass is 359 g/mol. The zero-order valence-corrected chi connectivity index (χ0v) is 16.6. The summed E-state index contributed by atoms with van der Waals surface area (Å²) in [6.45, 7) is 10.1. The van der Waals surface area contributed by atoms with Crippen LogP contribution in [0.25, 0.3) is 0 Å². The SMILES string of the molecule is CCCCNC(=O)C1CCC(C)N(CC(=O)Nc2ccc(C)c(C)c2)C1. The van der Waals surface area contributed by atoms with E-state index in [4.69, 9.17) is 0 Å². The van der Waals surface area contributed by atoms with Crippen LogP contribution in [0.5, 0.6) is 0 Å². The Hall–Kier alpha value is -1.88.